The first kappa shape index (κ1) is 20.4. The monoisotopic (exact) mass is 388 g/mol. The van der Waals surface area contributed by atoms with Crippen molar-refractivity contribution >= 4 is 11.8 Å². The number of carbonyl (C=O) groups is 2. The first-order chi connectivity index (χ1) is 13.6. The van der Waals surface area contributed by atoms with Gasteiger partial charge in [-0.2, -0.15) is 0 Å². The first-order valence-corrected chi connectivity index (χ1v) is 9.73. The molecule has 3 atom stereocenters. The molecular weight excluding hydrogens is 360 g/mol. The van der Waals surface area contributed by atoms with Gasteiger partial charge in [-0.3, -0.25) is 9.59 Å². The second kappa shape index (κ2) is 9.71. The number of carbonyl (C=O) groups excluding carboxylic acids is 2. The maximum Gasteiger partial charge on any atom is 0.223 e. The van der Waals surface area contributed by atoms with Gasteiger partial charge in [0.25, 0.3) is 0 Å². The van der Waals surface area contributed by atoms with E-state index < -0.39 is 12.2 Å². The molecule has 0 saturated heterocycles. The zero-order valence-corrected chi connectivity index (χ0v) is 16.1. The Kier molecular flexibility index (Phi) is 7.06. The van der Waals surface area contributed by atoms with Crippen molar-refractivity contribution < 1.29 is 24.2 Å². The highest BCUT2D eigenvalue weighted by atomic mass is 16.5. The lowest BCUT2D eigenvalue weighted by Gasteiger charge is -2.33. The highest BCUT2D eigenvalue weighted by Gasteiger charge is 2.32. The molecule has 152 valence electrons. The lowest BCUT2D eigenvalue weighted by molar-refractivity contribution is -0.132. The number of benzene rings is 1. The Balaban J connectivity index is 1.47. The highest BCUT2D eigenvalue weighted by molar-refractivity contribution is 5.80. The van der Waals surface area contributed by atoms with Crippen molar-refractivity contribution in [1.82, 2.24) is 10.6 Å². The third-order valence-electron chi connectivity index (χ3n) is 5.26. The number of ether oxygens (including phenoxy) is 2. The van der Waals surface area contributed by atoms with Crippen LogP contribution in [-0.4, -0.2) is 48.9 Å². The van der Waals surface area contributed by atoms with Crippen LogP contribution in [-0.2, 0) is 20.9 Å². The number of nitrogens with one attached hydrogen (secondary N) is 2. The molecule has 1 aliphatic heterocycles. The molecule has 1 heterocycles. The number of rotatable bonds is 8. The molecule has 0 unspecified atom stereocenters. The second-order valence-electron chi connectivity index (χ2n) is 7.28. The van der Waals surface area contributed by atoms with E-state index in [4.69, 9.17) is 9.47 Å². The Morgan fingerprint density at radius 3 is 2.79 bits per heavy atom. The summed E-state index contributed by atoms with van der Waals surface area (Å²) in [4.78, 5) is 24.4. The number of amides is 2. The van der Waals surface area contributed by atoms with E-state index in [0.717, 1.165) is 30.6 Å². The molecule has 28 heavy (non-hydrogen) atoms. The zero-order valence-electron chi connectivity index (χ0n) is 16.1. The van der Waals surface area contributed by atoms with Gasteiger partial charge in [0.05, 0.1) is 32.3 Å². The predicted molar refractivity (Wildman–Crippen MR) is 104 cm³/mol. The average Bonchev–Trinajstić information content (AvgIpc) is 2.66. The Morgan fingerprint density at radius 2 is 2.11 bits per heavy atom. The molecule has 1 aliphatic carbocycles. The third-order valence-corrected chi connectivity index (χ3v) is 5.26. The number of hydrogen-bond acceptors (Lipinski definition) is 5. The molecule has 0 radical (unpaired) electrons. The molecule has 2 aliphatic rings. The van der Waals surface area contributed by atoms with E-state index in [1.54, 1.807) is 13.2 Å². The minimum absolute atomic E-state index is 0.0115. The average molecular weight is 388 g/mol. The van der Waals surface area contributed by atoms with E-state index in [2.05, 4.69) is 10.6 Å². The highest BCUT2D eigenvalue weighted by Crippen LogP contribution is 2.27. The maximum absolute atomic E-state index is 12.2. The molecule has 1 fully saturated rings. The van der Waals surface area contributed by atoms with Crippen molar-refractivity contribution in [3.05, 3.63) is 42.0 Å². The van der Waals surface area contributed by atoms with Crippen LogP contribution < -0.4 is 15.4 Å². The molecule has 1 aromatic rings. The number of aliphatic hydroxyl groups is 1. The molecule has 2 amide bonds. The Bertz CT molecular complexity index is 717. The predicted octanol–water partition coefficient (Wildman–Crippen LogP) is 1.30. The summed E-state index contributed by atoms with van der Waals surface area (Å²) in [6, 6.07) is 7.14. The third kappa shape index (κ3) is 5.33. The van der Waals surface area contributed by atoms with Gasteiger partial charge in [-0.05, 0) is 30.5 Å². The number of aliphatic hydroxyl groups excluding tert-OH is 1. The summed E-state index contributed by atoms with van der Waals surface area (Å²) < 4.78 is 11.0. The molecular formula is C21H28N2O5. The SMILES string of the molecule is COc1cccc(CNC(=O)C[C@@H]2C=C[C@H](NC(=O)C3CCC3)[C@H](CO)O2)c1. The zero-order chi connectivity index (χ0) is 19.9. The van der Waals surface area contributed by atoms with Gasteiger partial charge >= 0.3 is 0 Å². The fourth-order valence-electron chi connectivity index (χ4n) is 3.33. The van der Waals surface area contributed by atoms with E-state index in [-0.39, 0.29) is 36.8 Å². The van der Waals surface area contributed by atoms with Gasteiger partial charge in [0.2, 0.25) is 11.8 Å². The van der Waals surface area contributed by atoms with Crippen molar-refractivity contribution in [1.29, 1.82) is 0 Å². The lowest BCUT2D eigenvalue weighted by atomic mass is 9.84. The fourth-order valence-corrected chi connectivity index (χ4v) is 3.33. The molecule has 0 bridgehead atoms. The Labute approximate surface area is 165 Å². The standard InChI is InChI=1S/C21H28N2O5/c1-27-16-7-2-4-14(10-16)12-22-20(25)11-17-8-9-18(19(13-24)28-17)23-21(26)15-5-3-6-15/h2,4,7-10,15,17-19,24H,3,5-6,11-13H2,1H3,(H,22,25)(H,23,26)/t17-,18-,19-/m0/s1. The van der Waals surface area contributed by atoms with E-state index in [0.29, 0.717) is 6.54 Å². The van der Waals surface area contributed by atoms with Gasteiger partial charge in [-0.1, -0.05) is 30.7 Å². The van der Waals surface area contributed by atoms with Crippen LogP contribution >= 0.6 is 0 Å². The molecule has 3 rings (SSSR count). The van der Waals surface area contributed by atoms with Crippen molar-refractivity contribution in [3.63, 3.8) is 0 Å². The number of hydrogen-bond donors (Lipinski definition) is 3. The van der Waals surface area contributed by atoms with Crippen LogP contribution in [0.2, 0.25) is 0 Å². The fraction of sp³-hybridized carbons (Fsp3) is 0.524. The van der Waals surface area contributed by atoms with Gasteiger partial charge < -0.3 is 25.2 Å². The molecule has 0 spiro atoms. The van der Waals surface area contributed by atoms with Crippen molar-refractivity contribution in [2.24, 2.45) is 5.92 Å². The first-order valence-electron chi connectivity index (χ1n) is 9.73. The van der Waals surface area contributed by atoms with Gasteiger partial charge in [0.15, 0.2) is 0 Å². The quantitative estimate of drug-likeness (QED) is 0.584. The lowest BCUT2D eigenvalue weighted by Crippen LogP contribution is -2.51. The van der Waals surface area contributed by atoms with Gasteiger partial charge in [-0.25, -0.2) is 0 Å². The summed E-state index contributed by atoms with van der Waals surface area (Å²) in [6.07, 6.45) is 5.70. The van der Waals surface area contributed by atoms with Crippen LogP contribution in [0.1, 0.15) is 31.2 Å². The van der Waals surface area contributed by atoms with Crippen LogP contribution in [0.15, 0.2) is 36.4 Å². The second-order valence-corrected chi connectivity index (χ2v) is 7.28. The van der Waals surface area contributed by atoms with Gasteiger partial charge in [0.1, 0.15) is 11.9 Å². The minimum atomic E-state index is -0.551. The van der Waals surface area contributed by atoms with E-state index in [1.807, 2.05) is 30.3 Å². The molecule has 7 nitrogen and oxygen atoms in total. The summed E-state index contributed by atoms with van der Waals surface area (Å²) in [6.45, 7) is 0.178. The molecule has 1 aromatic carbocycles. The maximum atomic E-state index is 12.2. The smallest absolute Gasteiger partial charge is 0.223 e. The van der Waals surface area contributed by atoms with Crippen LogP contribution in [0.25, 0.3) is 0 Å². The summed E-state index contributed by atoms with van der Waals surface area (Å²) >= 11 is 0. The van der Waals surface area contributed by atoms with E-state index >= 15 is 0 Å². The van der Waals surface area contributed by atoms with Crippen molar-refractivity contribution in [2.45, 2.75) is 50.5 Å². The van der Waals surface area contributed by atoms with Crippen molar-refractivity contribution in [3.8, 4) is 5.75 Å². The molecule has 3 N–H and O–H groups in total. The molecule has 1 saturated carbocycles. The van der Waals surface area contributed by atoms with E-state index in [1.165, 1.54) is 0 Å². The summed E-state index contributed by atoms with van der Waals surface area (Å²) in [5.41, 5.74) is 0.944. The summed E-state index contributed by atoms with van der Waals surface area (Å²) in [5.74, 6) is 0.683. The van der Waals surface area contributed by atoms with Crippen LogP contribution in [0.4, 0.5) is 0 Å². The normalized spacial score (nSPS) is 24.3. The van der Waals surface area contributed by atoms with E-state index in [9.17, 15) is 14.7 Å². The Morgan fingerprint density at radius 1 is 1.29 bits per heavy atom. The largest absolute Gasteiger partial charge is 0.497 e. The van der Waals surface area contributed by atoms with Crippen LogP contribution in [0.5, 0.6) is 5.75 Å². The van der Waals surface area contributed by atoms with Gasteiger partial charge in [-0.15, -0.1) is 0 Å². The Hall–Kier alpha value is -2.38. The minimum Gasteiger partial charge on any atom is -0.497 e. The molecule has 7 heteroatoms. The topological polar surface area (TPSA) is 96.9 Å². The summed E-state index contributed by atoms with van der Waals surface area (Å²) in [7, 11) is 1.60. The number of methoxy groups -OCH3 is 1. The van der Waals surface area contributed by atoms with Gasteiger partial charge in [0, 0.05) is 12.5 Å². The molecule has 0 aromatic heterocycles. The van der Waals surface area contributed by atoms with Crippen molar-refractivity contribution in [2.75, 3.05) is 13.7 Å². The summed E-state index contributed by atoms with van der Waals surface area (Å²) in [5, 5.41) is 15.4. The van der Waals surface area contributed by atoms with Crippen LogP contribution in [0.3, 0.4) is 0 Å². The van der Waals surface area contributed by atoms with Crippen LogP contribution in [0, 0.1) is 5.92 Å².